The van der Waals surface area contributed by atoms with Crippen molar-refractivity contribution in [2.75, 3.05) is 41.0 Å². The number of rotatable bonds is 14. The molecular weight excluding hydrogens is 374 g/mol. The molecule has 0 aliphatic rings. The second-order valence-electron chi connectivity index (χ2n) is 6.34. The molecule has 0 fully saturated rings. The summed E-state index contributed by atoms with van der Waals surface area (Å²) in [6, 6.07) is 0. The molecule has 0 aromatic carbocycles. The minimum atomic E-state index is -2.63. The Morgan fingerprint density at radius 3 is 1.26 bits per heavy atom. The average Bonchev–Trinajstić information content (AvgIpc) is 2.56. The molecule has 6 heteroatoms. The Morgan fingerprint density at radius 2 is 1.04 bits per heavy atom. The number of halogens is 1. The lowest BCUT2D eigenvalue weighted by molar-refractivity contribution is -0.942. The predicted molar refractivity (Wildman–Crippen MR) is 95.8 cm³/mol. The summed E-state index contributed by atoms with van der Waals surface area (Å²) in [6.07, 6.45) is 7.43. The van der Waals surface area contributed by atoms with Crippen molar-refractivity contribution in [1.82, 2.24) is 0 Å². The quantitative estimate of drug-likeness (QED) is 0.314. The molecule has 0 bridgehead atoms. The fraction of sp³-hybridized carbons (Fsp3) is 1.00. The number of quaternary nitrogens is 1. The van der Waals surface area contributed by atoms with Crippen LogP contribution in [0.2, 0.25) is 0 Å². The molecule has 23 heavy (non-hydrogen) atoms. The van der Waals surface area contributed by atoms with E-state index in [4.69, 9.17) is 13.3 Å². The molecule has 4 nitrogen and oxygen atoms in total. The summed E-state index contributed by atoms with van der Waals surface area (Å²) in [6.45, 7) is 12.7. The topological polar surface area (TPSA) is 27.7 Å². The van der Waals surface area contributed by atoms with Crippen LogP contribution in [0.5, 0.6) is 0 Å². The lowest BCUT2D eigenvalue weighted by atomic mass is 10.1. The van der Waals surface area contributed by atoms with Gasteiger partial charge in [-0.15, -0.1) is 0 Å². The molecule has 0 N–H and O–H groups in total. The maximum atomic E-state index is 5.82. The lowest BCUT2D eigenvalue weighted by Gasteiger charge is -2.47. The van der Waals surface area contributed by atoms with Gasteiger partial charge in [0.1, 0.15) is 0 Å². The van der Waals surface area contributed by atoms with Gasteiger partial charge in [0.05, 0.1) is 19.6 Å². The van der Waals surface area contributed by atoms with Crippen molar-refractivity contribution in [2.24, 2.45) is 0 Å². The van der Waals surface area contributed by atoms with E-state index >= 15 is 0 Å². The summed E-state index contributed by atoms with van der Waals surface area (Å²) in [5.41, 5.74) is 0.275. The molecule has 0 aliphatic heterocycles. The van der Waals surface area contributed by atoms with Crippen molar-refractivity contribution in [1.29, 1.82) is 0 Å². The molecule has 0 amide bonds. The molecule has 0 aromatic heterocycles. The Hall–Kier alpha value is 0.537. The summed E-state index contributed by atoms with van der Waals surface area (Å²) < 4.78 is 18.5. The van der Waals surface area contributed by atoms with Crippen molar-refractivity contribution < 1.29 is 34.7 Å². The fourth-order valence-electron chi connectivity index (χ4n) is 3.43. The molecule has 142 valence electrons. The van der Waals surface area contributed by atoms with E-state index in [-0.39, 0.29) is 22.6 Å². The second kappa shape index (κ2) is 13.8. The molecular formula is C17H40BrNO3Si. The summed E-state index contributed by atoms with van der Waals surface area (Å²) in [7, 11) is 2.59. The Balaban J connectivity index is 0. The smallest absolute Gasteiger partial charge is 0.561 e. The minimum absolute atomic E-state index is 0. The van der Waals surface area contributed by atoms with Crippen molar-refractivity contribution >= 4 is 8.80 Å². The summed E-state index contributed by atoms with van der Waals surface area (Å²) in [5.74, 6) is 0. The van der Waals surface area contributed by atoms with Crippen LogP contribution >= 0.6 is 0 Å². The van der Waals surface area contributed by atoms with Crippen LogP contribution in [0.1, 0.15) is 66.2 Å². The van der Waals surface area contributed by atoms with Crippen molar-refractivity contribution in [3.05, 3.63) is 0 Å². The predicted octanol–water partition coefficient (Wildman–Crippen LogP) is 1.01. The first kappa shape index (κ1) is 25.8. The van der Waals surface area contributed by atoms with Gasteiger partial charge in [0.25, 0.3) is 0 Å². The van der Waals surface area contributed by atoms with Gasteiger partial charge >= 0.3 is 8.80 Å². The standard InChI is InChI=1S/C17H40NO3Si.BrH/c1-8-11-14-18(15-12-9-2,16-13-10-3)17(4)22(19-5,20-6)21-7;/h17H,8-16H2,1-7H3;1H/q+1;/p-1. The van der Waals surface area contributed by atoms with Crippen molar-refractivity contribution in [2.45, 2.75) is 71.9 Å². The van der Waals surface area contributed by atoms with Crippen LogP contribution < -0.4 is 17.0 Å². The van der Waals surface area contributed by atoms with Gasteiger partial charge in [-0.25, -0.2) is 0 Å². The normalized spacial score (nSPS) is 13.7. The van der Waals surface area contributed by atoms with Gasteiger partial charge < -0.3 is 34.7 Å². The molecule has 0 heterocycles. The summed E-state index contributed by atoms with van der Waals surface area (Å²) in [5, 5.41) is 0. The Morgan fingerprint density at radius 1 is 0.739 bits per heavy atom. The maximum Gasteiger partial charge on any atom is 0.561 e. The SMILES string of the molecule is CCCC[N+](CCCC)(CCCC)C(C)[Si](OC)(OC)OC.[Br-]. The fourth-order valence-corrected chi connectivity index (χ4v) is 6.01. The first-order chi connectivity index (χ1) is 10.5. The van der Waals surface area contributed by atoms with Gasteiger partial charge in [-0.3, -0.25) is 0 Å². The van der Waals surface area contributed by atoms with E-state index in [2.05, 4.69) is 27.7 Å². The minimum Gasteiger partial charge on any atom is -1.00 e. The molecule has 0 rings (SSSR count). The number of unbranched alkanes of at least 4 members (excludes halogenated alkanes) is 3. The van der Waals surface area contributed by atoms with Gasteiger partial charge in [-0.05, 0) is 26.2 Å². The van der Waals surface area contributed by atoms with Crippen LogP contribution in [-0.2, 0) is 13.3 Å². The zero-order chi connectivity index (χ0) is 17.1. The Labute approximate surface area is 156 Å². The third-order valence-electron chi connectivity index (χ3n) is 5.06. The molecule has 1 atom stereocenters. The van der Waals surface area contributed by atoms with Gasteiger partial charge in [0, 0.05) is 21.3 Å². The third kappa shape index (κ3) is 7.12. The van der Waals surface area contributed by atoms with Crippen molar-refractivity contribution in [3.63, 3.8) is 0 Å². The van der Waals surface area contributed by atoms with Gasteiger partial charge in [0.15, 0.2) is 5.67 Å². The van der Waals surface area contributed by atoms with Gasteiger partial charge in [-0.1, -0.05) is 40.0 Å². The monoisotopic (exact) mass is 413 g/mol. The third-order valence-corrected chi connectivity index (χ3v) is 8.34. The largest absolute Gasteiger partial charge is 1.00 e. The van der Waals surface area contributed by atoms with E-state index in [1.807, 2.05) is 0 Å². The highest BCUT2D eigenvalue weighted by molar-refractivity contribution is 6.61. The Bertz CT molecular complexity index is 249. The highest BCUT2D eigenvalue weighted by Gasteiger charge is 2.55. The van der Waals surface area contributed by atoms with Crippen LogP contribution in [-0.4, -0.2) is 59.9 Å². The van der Waals surface area contributed by atoms with E-state index < -0.39 is 8.80 Å². The van der Waals surface area contributed by atoms with E-state index in [1.54, 1.807) is 21.3 Å². The van der Waals surface area contributed by atoms with Crippen LogP contribution in [0.15, 0.2) is 0 Å². The first-order valence-electron chi connectivity index (χ1n) is 9.03. The van der Waals surface area contributed by atoms with E-state index in [0.717, 1.165) is 4.48 Å². The van der Waals surface area contributed by atoms with Crippen LogP contribution in [0.4, 0.5) is 0 Å². The molecule has 0 saturated heterocycles. The van der Waals surface area contributed by atoms with Crippen molar-refractivity contribution in [3.8, 4) is 0 Å². The molecule has 0 radical (unpaired) electrons. The van der Waals surface area contributed by atoms with E-state index in [0.29, 0.717) is 0 Å². The second-order valence-corrected chi connectivity index (χ2v) is 9.61. The molecule has 1 unspecified atom stereocenters. The number of hydrogen-bond acceptors (Lipinski definition) is 3. The molecule has 0 saturated carbocycles. The number of hydrogen-bond donors (Lipinski definition) is 0. The lowest BCUT2D eigenvalue weighted by Crippen LogP contribution is -3.00. The van der Waals surface area contributed by atoms with Crippen LogP contribution in [0.25, 0.3) is 0 Å². The summed E-state index contributed by atoms with van der Waals surface area (Å²) in [4.78, 5) is 0. The summed E-state index contributed by atoms with van der Waals surface area (Å²) >= 11 is 0. The zero-order valence-corrected chi connectivity index (χ0v) is 19.1. The zero-order valence-electron chi connectivity index (χ0n) is 16.5. The highest BCUT2D eigenvalue weighted by atomic mass is 79.9. The van der Waals surface area contributed by atoms with E-state index in [1.165, 1.54) is 58.2 Å². The van der Waals surface area contributed by atoms with Crippen LogP contribution in [0, 0.1) is 0 Å². The van der Waals surface area contributed by atoms with Crippen LogP contribution in [0.3, 0.4) is 0 Å². The maximum absolute atomic E-state index is 5.82. The van der Waals surface area contributed by atoms with Gasteiger partial charge in [-0.2, -0.15) is 0 Å². The van der Waals surface area contributed by atoms with Gasteiger partial charge in [0.2, 0.25) is 0 Å². The molecule has 0 spiro atoms. The molecule has 0 aromatic rings. The highest BCUT2D eigenvalue weighted by Crippen LogP contribution is 2.27. The Kier molecular flexibility index (Phi) is 15.4. The average molecular weight is 415 g/mol. The van der Waals surface area contributed by atoms with E-state index in [9.17, 15) is 0 Å². The number of nitrogens with zero attached hydrogens (tertiary/aromatic N) is 1. The molecule has 0 aliphatic carbocycles. The first-order valence-corrected chi connectivity index (χ1v) is 10.8.